The number of aromatic nitrogens is 6. The summed E-state index contributed by atoms with van der Waals surface area (Å²) in [5.74, 6) is 1.15. The van der Waals surface area contributed by atoms with Gasteiger partial charge in [0.15, 0.2) is 5.82 Å². The molecule has 3 aromatic heterocycles. The average Bonchev–Trinajstić information content (AvgIpc) is 3.04. The van der Waals surface area contributed by atoms with Crippen LogP contribution in [0.3, 0.4) is 0 Å². The molecule has 0 aliphatic rings. The van der Waals surface area contributed by atoms with E-state index in [1.165, 1.54) is 6.20 Å². The zero-order valence-corrected chi connectivity index (χ0v) is 13.0. The maximum absolute atomic E-state index is 12.1. The van der Waals surface area contributed by atoms with Crippen molar-refractivity contribution in [1.82, 2.24) is 35.5 Å². The van der Waals surface area contributed by atoms with Crippen molar-refractivity contribution < 1.29 is 4.79 Å². The summed E-state index contributed by atoms with van der Waals surface area (Å²) in [6.45, 7) is 2.12. The number of nitrogens with two attached hydrogens (primary N) is 1. The van der Waals surface area contributed by atoms with Crippen LogP contribution in [-0.2, 0) is 6.42 Å². The highest BCUT2D eigenvalue weighted by Crippen LogP contribution is 2.12. The largest absolute Gasteiger partial charge is 0.368 e. The zero-order chi connectivity index (χ0) is 16.9. The summed E-state index contributed by atoms with van der Waals surface area (Å²) in [6, 6.07) is 3.70. The Kier molecular flexibility index (Phi) is 4.41. The molecule has 3 heterocycles. The fourth-order valence-electron chi connectivity index (χ4n) is 2.13. The molecule has 122 valence electrons. The molecule has 4 N–H and O–H groups in total. The number of aromatic amines is 1. The van der Waals surface area contributed by atoms with E-state index in [-0.39, 0.29) is 11.9 Å². The molecule has 0 spiro atoms. The van der Waals surface area contributed by atoms with Gasteiger partial charge >= 0.3 is 0 Å². The summed E-state index contributed by atoms with van der Waals surface area (Å²) in [6.07, 6.45) is 5.32. The van der Waals surface area contributed by atoms with Crippen LogP contribution in [0, 0.1) is 6.92 Å². The van der Waals surface area contributed by atoms with Gasteiger partial charge in [0.25, 0.3) is 5.91 Å². The van der Waals surface area contributed by atoms with Gasteiger partial charge < -0.3 is 11.1 Å². The van der Waals surface area contributed by atoms with Gasteiger partial charge in [-0.1, -0.05) is 0 Å². The first-order valence-corrected chi connectivity index (χ1v) is 7.32. The summed E-state index contributed by atoms with van der Waals surface area (Å²) in [7, 11) is 0. The maximum Gasteiger partial charge on any atom is 0.254 e. The highest BCUT2D eigenvalue weighted by molar-refractivity contribution is 5.94. The second kappa shape index (κ2) is 6.82. The number of hydrogen-bond donors (Lipinski definition) is 3. The summed E-state index contributed by atoms with van der Waals surface area (Å²) in [5, 5.41) is 9.80. The number of carbonyl (C=O) groups excluding carboxylic acids is 1. The summed E-state index contributed by atoms with van der Waals surface area (Å²) in [5.41, 5.74) is 7.25. The van der Waals surface area contributed by atoms with Crippen molar-refractivity contribution >= 4 is 11.9 Å². The van der Waals surface area contributed by atoms with Crippen LogP contribution >= 0.6 is 0 Å². The SMILES string of the molecule is Cc1nc(N)ncc1C(=O)NCCc1nc(-c2cccnc2)n[nH]1. The molecule has 0 unspecified atom stereocenters. The van der Waals surface area contributed by atoms with Crippen molar-refractivity contribution in [2.75, 3.05) is 12.3 Å². The van der Waals surface area contributed by atoms with Gasteiger partial charge in [0, 0.05) is 37.1 Å². The van der Waals surface area contributed by atoms with Crippen molar-refractivity contribution in [3.63, 3.8) is 0 Å². The molecule has 9 heteroatoms. The molecular weight excluding hydrogens is 308 g/mol. The second-order valence-electron chi connectivity index (χ2n) is 5.08. The molecule has 0 atom stereocenters. The summed E-state index contributed by atoms with van der Waals surface area (Å²) < 4.78 is 0. The molecule has 24 heavy (non-hydrogen) atoms. The van der Waals surface area contributed by atoms with E-state index in [2.05, 4.69) is 35.5 Å². The topological polar surface area (TPSA) is 135 Å². The third-order valence-electron chi connectivity index (χ3n) is 3.34. The quantitative estimate of drug-likeness (QED) is 0.622. The predicted molar refractivity (Wildman–Crippen MR) is 86.8 cm³/mol. The Morgan fingerprint density at radius 1 is 1.33 bits per heavy atom. The zero-order valence-electron chi connectivity index (χ0n) is 13.0. The predicted octanol–water partition coefficient (Wildman–Crippen LogP) is 0.520. The average molecular weight is 324 g/mol. The van der Waals surface area contributed by atoms with E-state index in [0.29, 0.717) is 35.9 Å². The summed E-state index contributed by atoms with van der Waals surface area (Å²) in [4.78, 5) is 28.3. The third kappa shape index (κ3) is 3.51. The minimum atomic E-state index is -0.250. The number of aryl methyl sites for hydroxylation is 1. The Morgan fingerprint density at radius 2 is 2.21 bits per heavy atom. The Labute approximate surface area is 137 Å². The lowest BCUT2D eigenvalue weighted by molar-refractivity contribution is 0.0952. The van der Waals surface area contributed by atoms with Crippen molar-refractivity contribution in [3.05, 3.63) is 47.8 Å². The van der Waals surface area contributed by atoms with E-state index in [9.17, 15) is 4.79 Å². The van der Waals surface area contributed by atoms with E-state index in [0.717, 1.165) is 5.56 Å². The number of anilines is 1. The van der Waals surface area contributed by atoms with Crippen LogP contribution < -0.4 is 11.1 Å². The number of hydrogen-bond acceptors (Lipinski definition) is 7. The minimum Gasteiger partial charge on any atom is -0.368 e. The van der Waals surface area contributed by atoms with E-state index < -0.39 is 0 Å². The van der Waals surface area contributed by atoms with Crippen LogP contribution in [0.15, 0.2) is 30.7 Å². The van der Waals surface area contributed by atoms with Crippen molar-refractivity contribution in [1.29, 1.82) is 0 Å². The number of nitrogens with one attached hydrogen (secondary N) is 2. The number of H-pyrrole nitrogens is 1. The Balaban J connectivity index is 1.57. The minimum absolute atomic E-state index is 0.147. The molecular formula is C15H16N8O. The molecule has 0 aliphatic heterocycles. The van der Waals surface area contributed by atoms with Crippen LogP contribution in [-0.4, -0.2) is 42.6 Å². The molecule has 0 radical (unpaired) electrons. The lowest BCUT2D eigenvalue weighted by Gasteiger charge is -2.06. The second-order valence-corrected chi connectivity index (χ2v) is 5.08. The number of rotatable bonds is 5. The first kappa shape index (κ1) is 15.5. The number of carbonyl (C=O) groups is 1. The standard InChI is InChI=1S/C15H16N8O/c1-9-11(8-19-15(16)20-9)14(24)18-6-4-12-21-13(23-22-12)10-3-2-5-17-7-10/h2-3,5,7-8H,4,6H2,1H3,(H,18,24)(H2,16,19,20)(H,21,22,23). The van der Waals surface area contributed by atoms with Crippen LogP contribution in [0.5, 0.6) is 0 Å². The molecule has 3 rings (SSSR count). The first-order chi connectivity index (χ1) is 11.6. The van der Waals surface area contributed by atoms with Gasteiger partial charge in [-0.05, 0) is 19.1 Å². The van der Waals surface area contributed by atoms with E-state index in [1.807, 2.05) is 12.1 Å². The van der Waals surface area contributed by atoms with Crippen LogP contribution in [0.25, 0.3) is 11.4 Å². The smallest absolute Gasteiger partial charge is 0.254 e. The van der Waals surface area contributed by atoms with Gasteiger partial charge in [-0.2, -0.15) is 5.10 Å². The Hall–Kier alpha value is -3.36. The first-order valence-electron chi connectivity index (χ1n) is 7.32. The number of amides is 1. The molecule has 0 bridgehead atoms. The molecule has 0 saturated carbocycles. The van der Waals surface area contributed by atoms with Crippen LogP contribution in [0.2, 0.25) is 0 Å². The lowest BCUT2D eigenvalue weighted by Crippen LogP contribution is -2.27. The van der Waals surface area contributed by atoms with Gasteiger partial charge in [-0.15, -0.1) is 0 Å². The van der Waals surface area contributed by atoms with Crippen LogP contribution in [0.1, 0.15) is 21.9 Å². The van der Waals surface area contributed by atoms with Gasteiger partial charge in [0.05, 0.1) is 11.3 Å². The number of nitrogens with zero attached hydrogens (tertiary/aromatic N) is 5. The van der Waals surface area contributed by atoms with Crippen LogP contribution in [0.4, 0.5) is 5.95 Å². The lowest BCUT2D eigenvalue weighted by atomic mass is 10.2. The van der Waals surface area contributed by atoms with E-state index >= 15 is 0 Å². The highest BCUT2D eigenvalue weighted by Gasteiger charge is 2.11. The van der Waals surface area contributed by atoms with Gasteiger partial charge in [-0.25, -0.2) is 15.0 Å². The fraction of sp³-hybridized carbons (Fsp3) is 0.200. The van der Waals surface area contributed by atoms with E-state index in [4.69, 9.17) is 5.73 Å². The van der Waals surface area contributed by atoms with Crippen molar-refractivity contribution in [2.24, 2.45) is 0 Å². The number of pyridine rings is 1. The van der Waals surface area contributed by atoms with E-state index in [1.54, 1.807) is 19.3 Å². The third-order valence-corrected chi connectivity index (χ3v) is 3.34. The van der Waals surface area contributed by atoms with Crippen molar-refractivity contribution in [3.8, 4) is 11.4 Å². The Morgan fingerprint density at radius 3 is 2.96 bits per heavy atom. The van der Waals surface area contributed by atoms with Gasteiger partial charge in [0.1, 0.15) is 5.82 Å². The molecule has 0 aliphatic carbocycles. The normalized spacial score (nSPS) is 10.5. The Bertz CT molecular complexity index is 846. The molecule has 3 aromatic rings. The molecule has 9 nitrogen and oxygen atoms in total. The molecule has 0 aromatic carbocycles. The highest BCUT2D eigenvalue weighted by atomic mass is 16.1. The maximum atomic E-state index is 12.1. The summed E-state index contributed by atoms with van der Waals surface area (Å²) >= 11 is 0. The molecule has 0 fully saturated rings. The van der Waals surface area contributed by atoms with Gasteiger partial charge in [0.2, 0.25) is 5.95 Å². The van der Waals surface area contributed by atoms with Crippen molar-refractivity contribution in [2.45, 2.75) is 13.3 Å². The van der Waals surface area contributed by atoms with Gasteiger partial charge in [-0.3, -0.25) is 14.9 Å². The fourth-order valence-corrected chi connectivity index (χ4v) is 2.13. The molecule has 0 saturated heterocycles. The number of nitrogen functional groups attached to an aromatic ring is 1. The molecule has 1 amide bonds. The monoisotopic (exact) mass is 324 g/mol.